The van der Waals surface area contributed by atoms with Gasteiger partial charge in [-0.1, -0.05) is 80.4 Å². The van der Waals surface area contributed by atoms with Gasteiger partial charge in [0.25, 0.3) is 0 Å². The fourth-order valence-electron chi connectivity index (χ4n) is 5.83. The molecule has 0 N–H and O–H groups in total. The van der Waals surface area contributed by atoms with Crippen LogP contribution in [0.1, 0.15) is 50.0 Å². The molecule has 3 heterocycles. The quantitative estimate of drug-likeness (QED) is 0.352. The average Bonchev–Trinajstić information content (AvgIpc) is 3.32. The van der Waals surface area contributed by atoms with Crippen molar-refractivity contribution < 1.29 is 4.74 Å². The molecule has 37 heavy (non-hydrogen) atoms. The molecule has 2 fully saturated rings. The van der Waals surface area contributed by atoms with Crippen LogP contribution < -0.4 is 4.90 Å². The van der Waals surface area contributed by atoms with Gasteiger partial charge in [-0.05, 0) is 30.2 Å². The Morgan fingerprint density at radius 3 is 2.41 bits per heavy atom. The molecule has 1 saturated carbocycles. The lowest BCUT2D eigenvalue weighted by Crippen LogP contribution is -2.41. The average molecular weight is 493 g/mol. The Morgan fingerprint density at radius 2 is 1.68 bits per heavy atom. The van der Waals surface area contributed by atoms with Crippen LogP contribution in [0.5, 0.6) is 0 Å². The number of rotatable bonds is 5. The lowest BCUT2D eigenvalue weighted by atomic mass is 9.83. The molecule has 1 atom stereocenters. The third-order valence-electron chi connectivity index (χ3n) is 7.88. The van der Waals surface area contributed by atoms with Crippen molar-refractivity contribution in [2.75, 3.05) is 24.7 Å². The maximum Gasteiger partial charge on any atom is 0.234 e. The number of anilines is 1. The van der Waals surface area contributed by atoms with E-state index in [9.17, 15) is 5.26 Å². The first-order valence-electron chi connectivity index (χ1n) is 13.3. The SMILES string of the molecule is C[C@H]1CC[C@H](Cn2c(N3CCOC[C@H]3c3ccccc3)nc3nc(C#N)nc(-c4ccccc4)c32)CC1. The molecule has 0 spiro atoms. The normalized spacial score (nSPS) is 22.2. The topological polar surface area (TPSA) is 79.9 Å². The first-order valence-corrected chi connectivity index (χ1v) is 13.3. The summed E-state index contributed by atoms with van der Waals surface area (Å²) in [5, 5.41) is 9.73. The molecule has 0 unspecified atom stereocenters. The van der Waals surface area contributed by atoms with Crippen LogP contribution in [0.25, 0.3) is 22.4 Å². The Bertz CT molecular complexity index is 1400. The molecule has 7 nitrogen and oxygen atoms in total. The fourth-order valence-corrected chi connectivity index (χ4v) is 5.83. The van der Waals surface area contributed by atoms with Crippen LogP contribution in [-0.4, -0.2) is 39.3 Å². The summed E-state index contributed by atoms with van der Waals surface area (Å²) in [6, 6.07) is 22.8. The predicted octanol–water partition coefficient (Wildman–Crippen LogP) is 5.77. The van der Waals surface area contributed by atoms with E-state index in [2.05, 4.69) is 51.7 Å². The third-order valence-corrected chi connectivity index (χ3v) is 7.88. The van der Waals surface area contributed by atoms with Gasteiger partial charge >= 0.3 is 0 Å². The molecule has 1 aliphatic heterocycles. The van der Waals surface area contributed by atoms with Crippen LogP contribution in [0, 0.1) is 23.2 Å². The summed E-state index contributed by atoms with van der Waals surface area (Å²) in [4.78, 5) is 16.8. The lowest BCUT2D eigenvalue weighted by molar-refractivity contribution is 0.0927. The van der Waals surface area contributed by atoms with Crippen LogP contribution in [0.2, 0.25) is 0 Å². The van der Waals surface area contributed by atoms with Crippen molar-refractivity contribution >= 4 is 17.1 Å². The number of ether oxygens (including phenoxy) is 1. The number of fused-ring (bicyclic) bond motifs is 1. The molecule has 2 aromatic carbocycles. The predicted molar refractivity (Wildman–Crippen MR) is 144 cm³/mol. The molecule has 0 bridgehead atoms. The standard InChI is InChI=1S/C30H32N6O/c1-21-12-14-22(15-13-21)19-36-28-27(24-10-6-3-7-11-24)32-26(18-31)33-29(28)34-30(36)35-16-17-37-20-25(35)23-8-4-2-5-9-23/h2-11,21-22,25H,12-17,19-20H2,1H3/t21-,22-,25-/m0/s1. The minimum absolute atomic E-state index is 0.0560. The molecule has 188 valence electrons. The minimum Gasteiger partial charge on any atom is -0.377 e. The van der Waals surface area contributed by atoms with Crippen molar-refractivity contribution in [3.8, 4) is 17.3 Å². The summed E-state index contributed by atoms with van der Waals surface area (Å²) in [5.41, 5.74) is 4.45. The summed E-state index contributed by atoms with van der Waals surface area (Å²) < 4.78 is 8.29. The van der Waals surface area contributed by atoms with Crippen LogP contribution in [0.4, 0.5) is 5.95 Å². The maximum atomic E-state index is 9.73. The maximum absolute atomic E-state index is 9.73. The first kappa shape index (κ1) is 23.6. The van der Waals surface area contributed by atoms with Gasteiger partial charge in [-0.25, -0.2) is 4.98 Å². The third kappa shape index (κ3) is 4.70. The zero-order chi connectivity index (χ0) is 25.2. The Balaban J connectivity index is 1.54. The molecule has 1 aliphatic carbocycles. The van der Waals surface area contributed by atoms with Gasteiger partial charge in [-0.2, -0.15) is 15.2 Å². The van der Waals surface area contributed by atoms with E-state index in [0.29, 0.717) is 24.8 Å². The number of nitrogens with zero attached hydrogens (tertiary/aromatic N) is 6. The summed E-state index contributed by atoms with van der Waals surface area (Å²) in [6.07, 6.45) is 4.95. The Morgan fingerprint density at radius 1 is 0.946 bits per heavy atom. The number of hydrogen-bond acceptors (Lipinski definition) is 6. The van der Waals surface area contributed by atoms with Gasteiger partial charge in [-0.3, -0.25) is 0 Å². The van der Waals surface area contributed by atoms with Gasteiger partial charge in [0.05, 0.1) is 19.3 Å². The minimum atomic E-state index is 0.0560. The van der Waals surface area contributed by atoms with Crippen LogP contribution in [0.3, 0.4) is 0 Å². The van der Waals surface area contributed by atoms with Crippen molar-refractivity contribution in [3.63, 3.8) is 0 Å². The first-order chi connectivity index (χ1) is 18.2. The van der Waals surface area contributed by atoms with E-state index >= 15 is 0 Å². The highest BCUT2D eigenvalue weighted by Crippen LogP contribution is 2.37. The highest BCUT2D eigenvalue weighted by Gasteiger charge is 2.32. The molecule has 6 rings (SSSR count). The summed E-state index contributed by atoms with van der Waals surface area (Å²) >= 11 is 0. The van der Waals surface area contributed by atoms with E-state index in [1.807, 2.05) is 36.4 Å². The van der Waals surface area contributed by atoms with Crippen molar-refractivity contribution in [2.45, 2.75) is 45.2 Å². The molecule has 0 radical (unpaired) electrons. The second kappa shape index (κ2) is 10.3. The molecular formula is C30H32N6O. The number of nitriles is 1. The second-order valence-electron chi connectivity index (χ2n) is 10.4. The number of imidazole rings is 1. The number of hydrogen-bond donors (Lipinski definition) is 0. The Kier molecular flexibility index (Phi) is 6.58. The van der Waals surface area contributed by atoms with E-state index < -0.39 is 0 Å². The van der Waals surface area contributed by atoms with Crippen LogP contribution in [0.15, 0.2) is 60.7 Å². The van der Waals surface area contributed by atoms with E-state index in [1.54, 1.807) is 0 Å². The van der Waals surface area contributed by atoms with Crippen LogP contribution in [-0.2, 0) is 11.3 Å². The Labute approximate surface area is 217 Å². The van der Waals surface area contributed by atoms with Crippen molar-refractivity contribution in [2.24, 2.45) is 11.8 Å². The van der Waals surface area contributed by atoms with Gasteiger partial charge in [0, 0.05) is 18.7 Å². The van der Waals surface area contributed by atoms with Crippen molar-refractivity contribution in [1.82, 2.24) is 19.5 Å². The molecule has 4 aromatic rings. The summed E-state index contributed by atoms with van der Waals surface area (Å²) in [6.45, 7) is 5.22. The zero-order valence-electron chi connectivity index (χ0n) is 21.3. The molecule has 2 aliphatic rings. The Hall–Kier alpha value is -3.76. The van der Waals surface area contributed by atoms with Crippen molar-refractivity contribution in [3.05, 3.63) is 72.1 Å². The van der Waals surface area contributed by atoms with Gasteiger partial charge in [0.2, 0.25) is 11.8 Å². The molecule has 7 heteroatoms. The molecule has 0 amide bonds. The second-order valence-corrected chi connectivity index (χ2v) is 10.4. The summed E-state index contributed by atoms with van der Waals surface area (Å²) in [7, 11) is 0. The van der Waals surface area contributed by atoms with Gasteiger partial charge in [0.15, 0.2) is 5.65 Å². The highest BCUT2D eigenvalue weighted by molar-refractivity contribution is 5.90. The summed E-state index contributed by atoms with van der Waals surface area (Å²) in [5.74, 6) is 2.41. The van der Waals surface area contributed by atoms with Gasteiger partial charge < -0.3 is 14.2 Å². The molecule has 2 aromatic heterocycles. The smallest absolute Gasteiger partial charge is 0.234 e. The zero-order valence-corrected chi connectivity index (χ0v) is 21.3. The van der Waals surface area contributed by atoms with E-state index in [0.717, 1.165) is 41.7 Å². The largest absolute Gasteiger partial charge is 0.377 e. The van der Waals surface area contributed by atoms with E-state index in [1.165, 1.54) is 31.2 Å². The van der Waals surface area contributed by atoms with Crippen LogP contribution >= 0.6 is 0 Å². The van der Waals surface area contributed by atoms with Gasteiger partial charge in [-0.15, -0.1) is 0 Å². The number of morpholine rings is 1. The lowest BCUT2D eigenvalue weighted by Gasteiger charge is -2.37. The van der Waals surface area contributed by atoms with Gasteiger partial charge in [0.1, 0.15) is 17.3 Å². The fraction of sp³-hybridized carbons (Fsp3) is 0.400. The highest BCUT2D eigenvalue weighted by atomic mass is 16.5. The van der Waals surface area contributed by atoms with Crippen molar-refractivity contribution in [1.29, 1.82) is 5.26 Å². The van der Waals surface area contributed by atoms with E-state index in [4.69, 9.17) is 14.7 Å². The molecular weight excluding hydrogens is 460 g/mol. The number of benzene rings is 2. The number of aromatic nitrogens is 4. The molecule has 1 saturated heterocycles. The van der Waals surface area contributed by atoms with E-state index in [-0.39, 0.29) is 11.9 Å². The monoisotopic (exact) mass is 492 g/mol.